The predicted octanol–water partition coefficient (Wildman–Crippen LogP) is 2.42. The van der Waals surface area contributed by atoms with E-state index < -0.39 is 23.6 Å². The Hall–Kier alpha value is -2.37. The van der Waals surface area contributed by atoms with Crippen molar-refractivity contribution in [2.45, 2.75) is 32.3 Å². The maximum atomic E-state index is 12.1. The zero-order valence-corrected chi connectivity index (χ0v) is 12.5. The summed E-state index contributed by atoms with van der Waals surface area (Å²) < 4.78 is 5.23. The number of hydrogen-bond acceptors (Lipinski definition) is 4. The molecule has 21 heavy (non-hydrogen) atoms. The van der Waals surface area contributed by atoms with E-state index in [4.69, 9.17) is 9.84 Å². The number of rotatable bonds is 4. The predicted molar refractivity (Wildman–Crippen MR) is 77.5 cm³/mol. The van der Waals surface area contributed by atoms with Crippen LogP contribution in [-0.2, 0) is 14.3 Å². The molecule has 1 aromatic carbocycles. The molecular weight excluding hydrogens is 274 g/mol. The largest absolute Gasteiger partial charge is 0.480 e. The van der Waals surface area contributed by atoms with Gasteiger partial charge in [0.15, 0.2) is 0 Å². The molecule has 114 valence electrons. The standard InChI is InChI=1S/C15H19NO5/c1-15(2,3)21-14(20)16(4)12-8-6-5-7-10(12)11(9-17)13(18)19/h5-9,11H,1-4H3,(H,18,19). The van der Waals surface area contributed by atoms with Gasteiger partial charge in [-0.05, 0) is 32.4 Å². The van der Waals surface area contributed by atoms with Crippen LogP contribution in [-0.4, -0.2) is 36.1 Å². The maximum absolute atomic E-state index is 12.1. The molecule has 1 atom stereocenters. The molecule has 1 aromatic rings. The summed E-state index contributed by atoms with van der Waals surface area (Å²) in [6.45, 7) is 5.20. The first-order chi connectivity index (χ1) is 9.67. The number of hydrogen-bond donors (Lipinski definition) is 1. The number of para-hydroxylation sites is 1. The summed E-state index contributed by atoms with van der Waals surface area (Å²) in [6, 6.07) is 6.34. The lowest BCUT2D eigenvalue weighted by Crippen LogP contribution is -2.35. The van der Waals surface area contributed by atoms with Crippen LogP contribution in [0.4, 0.5) is 10.5 Å². The fourth-order valence-corrected chi connectivity index (χ4v) is 1.75. The fraction of sp³-hybridized carbons (Fsp3) is 0.400. The van der Waals surface area contributed by atoms with Crippen LogP contribution >= 0.6 is 0 Å². The first kappa shape index (κ1) is 16.7. The van der Waals surface area contributed by atoms with Gasteiger partial charge >= 0.3 is 12.1 Å². The summed E-state index contributed by atoms with van der Waals surface area (Å²) in [5.41, 5.74) is -0.100. The van der Waals surface area contributed by atoms with Crippen molar-refractivity contribution in [3.63, 3.8) is 0 Å². The normalized spacial score (nSPS) is 12.4. The van der Waals surface area contributed by atoms with Gasteiger partial charge < -0.3 is 14.6 Å². The smallest absolute Gasteiger partial charge is 0.414 e. The number of aliphatic carboxylic acids is 1. The molecule has 0 saturated carbocycles. The van der Waals surface area contributed by atoms with Crippen LogP contribution in [0, 0.1) is 0 Å². The molecule has 0 fully saturated rings. The van der Waals surface area contributed by atoms with Crippen molar-refractivity contribution in [2.75, 3.05) is 11.9 Å². The quantitative estimate of drug-likeness (QED) is 0.681. The highest BCUT2D eigenvalue weighted by Crippen LogP contribution is 2.27. The number of carbonyl (C=O) groups is 3. The average Bonchev–Trinajstić information content (AvgIpc) is 2.37. The Morgan fingerprint density at radius 2 is 1.86 bits per heavy atom. The van der Waals surface area contributed by atoms with E-state index in [9.17, 15) is 14.4 Å². The lowest BCUT2D eigenvalue weighted by molar-refractivity contribution is -0.140. The summed E-state index contributed by atoms with van der Waals surface area (Å²) in [5.74, 6) is -2.60. The molecule has 6 heteroatoms. The summed E-state index contributed by atoms with van der Waals surface area (Å²) >= 11 is 0. The van der Waals surface area contributed by atoms with Gasteiger partial charge in [-0.2, -0.15) is 0 Å². The topological polar surface area (TPSA) is 83.9 Å². The number of amides is 1. The lowest BCUT2D eigenvalue weighted by Gasteiger charge is -2.26. The van der Waals surface area contributed by atoms with Crippen LogP contribution in [0.2, 0.25) is 0 Å². The van der Waals surface area contributed by atoms with Crippen LogP contribution in [0.15, 0.2) is 24.3 Å². The summed E-state index contributed by atoms with van der Waals surface area (Å²) in [6.07, 6.45) is -0.283. The van der Waals surface area contributed by atoms with E-state index in [2.05, 4.69) is 0 Å². The summed E-state index contributed by atoms with van der Waals surface area (Å²) in [4.78, 5) is 35.4. The Bertz CT molecular complexity index is 547. The molecule has 0 spiro atoms. The van der Waals surface area contributed by atoms with E-state index in [1.165, 1.54) is 18.0 Å². The van der Waals surface area contributed by atoms with E-state index in [0.717, 1.165) is 0 Å². The third-order valence-corrected chi connectivity index (χ3v) is 2.70. The number of aldehydes is 1. The Labute approximate surface area is 123 Å². The highest BCUT2D eigenvalue weighted by atomic mass is 16.6. The van der Waals surface area contributed by atoms with Crippen LogP contribution in [0.3, 0.4) is 0 Å². The van der Waals surface area contributed by atoms with Crippen LogP contribution in [0.1, 0.15) is 32.3 Å². The number of carboxylic acid groups (broad SMARTS) is 1. The molecule has 0 aliphatic rings. The van der Waals surface area contributed by atoms with Gasteiger partial charge in [-0.25, -0.2) is 4.79 Å². The van der Waals surface area contributed by atoms with Gasteiger partial charge in [0.2, 0.25) is 0 Å². The molecular formula is C15H19NO5. The SMILES string of the molecule is CN(C(=O)OC(C)(C)C)c1ccccc1C(C=O)C(=O)O. The molecule has 0 radical (unpaired) electrons. The van der Waals surface area contributed by atoms with Crippen molar-refractivity contribution in [1.82, 2.24) is 0 Å². The first-order valence-corrected chi connectivity index (χ1v) is 6.41. The van der Waals surface area contributed by atoms with E-state index in [-0.39, 0.29) is 5.56 Å². The minimum atomic E-state index is -1.33. The van der Waals surface area contributed by atoms with E-state index in [1.807, 2.05) is 0 Å². The Kier molecular flexibility index (Phi) is 5.07. The van der Waals surface area contributed by atoms with Crippen molar-refractivity contribution in [2.24, 2.45) is 0 Å². The van der Waals surface area contributed by atoms with E-state index in [1.54, 1.807) is 39.0 Å². The zero-order valence-electron chi connectivity index (χ0n) is 12.5. The second kappa shape index (κ2) is 6.39. The lowest BCUT2D eigenvalue weighted by atomic mass is 9.98. The maximum Gasteiger partial charge on any atom is 0.414 e. The number of nitrogens with zero attached hydrogens (tertiary/aromatic N) is 1. The van der Waals surface area contributed by atoms with Gasteiger partial charge in [-0.3, -0.25) is 9.69 Å². The van der Waals surface area contributed by atoms with Gasteiger partial charge in [0.05, 0.1) is 5.69 Å². The average molecular weight is 293 g/mol. The van der Waals surface area contributed by atoms with Crippen molar-refractivity contribution in [1.29, 1.82) is 0 Å². The summed E-state index contributed by atoms with van der Waals surface area (Å²) in [7, 11) is 1.47. The third kappa shape index (κ3) is 4.30. The number of carbonyl (C=O) groups excluding carboxylic acids is 2. The van der Waals surface area contributed by atoms with Gasteiger partial charge in [-0.1, -0.05) is 18.2 Å². The molecule has 1 amide bonds. The van der Waals surface area contributed by atoms with E-state index >= 15 is 0 Å². The molecule has 1 unspecified atom stereocenters. The zero-order chi connectivity index (χ0) is 16.2. The molecule has 1 rings (SSSR count). The number of carboxylic acids is 1. The highest BCUT2D eigenvalue weighted by Gasteiger charge is 2.27. The molecule has 1 N–H and O–H groups in total. The number of anilines is 1. The minimum Gasteiger partial charge on any atom is -0.480 e. The van der Waals surface area contributed by atoms with Gasteiger partial charge in [0, 0.05) is 7.05 Å². The molecule has 0 heterocycles. The third-order valence-electron chi connectivity index (χ3n) is 2.70. The molecule has 0 saturated heterocycles. The van der Waals surface area contributed by atoms with E-state index in [0.29, 0.717) is 12.0 Å². The fourth-order valence-electron chi connectivity index (χ4n) is 1.75. The van der Waals surface area contributed by atoms with Crippen molar-refractivity contribution in [3.8, 4) is 0 Å². The molecule has 0 aliphatic carbocycles. The molecule has 0 aliphatic heterocycles. The second-order valence-electron chi connectivity index (χ2n) is 5.55. The van der Waals surface area contributed by atoms with Gasteiger partial charge in [0.25, 0.3) is 0 Å². The highest BCUT2D eigenvalue weighted by molar-refractivity contribution is 5.97. The molecule has 0 aromatic heterocycles. The van der Waals surface area contributed by atoms with Crippen molar-refractivity contribution >= 4 is 24.0 Å². The monoisotopic (exact) mass is 293 g/mol. The van der Waals surface area contributed by atoms with Gasteiger partial charge in [-0.15, -0.1) is 0 Å². The van der Waals surface area contributed by atoms with Crippen LogP contribution in [0.25, 0.3) is 0 Å². The van der Waals surface area contributed by atoms with Crippen molar-refractivity contribution in [3.05, 3.63) is 29.8 Å². The van der Waals surface area contributed by atoms with Crippen molar-refractivity contribution < 1.29 is 24.2 Å². The van der Waals surface area contributed by atoms with Gasteiger partial charge in [0.1, 0.15) is 17.8 Å². The molecule has 0 bridgehead atoms. The minimum absolute atomic E-state index is 0.244. The van der Waals surface area contributed by atoms with Crippen LogP contribution < -0.4 is 4.90 Å². The number of benzene rings is 1. The first-order valence-electron chi connectivity index (χ1n) is 6.41. The number of ether oxygens (including phenoxy) is 1. The Morgan fingerprint density at radius 1 is 1.29 bits per heavy atom. The summed E-state index contributed by atoms with van der Waals surface area (Å²) in [5, 5.41) is 9.09. The Morgan fingerprint density at radius 3 is 2.33 bits per heavy atom. The Balaban J connectivity index is 3.16. The molecule has 6 nitrogen and oxygen atoms in total. The second-order valence-corrected chi connectivity index (χ2v) is 5.55. The van der Waals surface area contributed by atoms with Crippen LogP contribution in [0.5, 0.6) is 0 Å².